The molecule has 0 bridgehead atoms. The second-order valence-corrected chi connectivity index (χ2v) is 28.2. The highest BCUT2D eigenvalue weighted by Gasteiger charge is 2.50. The van der Waals surface area contributed by atoms with Crippen LogP contribution in [0.25, 0.3) is 11.1 Å². The number of fused-ring (bicyclic) bond motifs is 2. The molecule has 0 aromatic heterocycles. The van der Waals surface area contributed by atoms with Crippen molar-refractivity contribution >= 4 is 64.5 Å². The van der Waals surface area contributed by atoms with Crippen LogP contribution in [0.15, 0.2) is 140 Å². The van der Waals surface area contributed by atoms with Crippen LogP contribution in [-0.4, -0.2) is 190 Å². The molecule has 3 heterocycles. The van der Waals surface area contributed by atoms with Crippen LogP contribution < -0.4 is 10.2 Å². The number of amides is 5. The SMILES string of the molecule is CN(CCCCCC(=O)N(C)CCN1CCC(N(C(=O)O)c2ccccc2-c2ccccc2)CC1)Cc1ccc(NC(=O)OCCCCN(C)C(=O)CO[C@H]2Cc3ccccc3C23CCN(CC[C@@]2(c4ccc(Cl)c(Cl)c4)CN(C(=O)c4cc(C(F)(F)F)cc(C(F)(F)F)c4)CCO2)CC3)cc1. The highest BCUT2D eigenvalue weighted by Crippen LogP contribution is 2.49. The van der Waals surface area contributed by atoms with Gasteiger partial charge in [0.15, 0.2) is 0 Å². The Hall–Kier alpha value is -7.77. The summed E-state index contributed by atoms with van der Waals surface area (Å²) in [5.41, 5.74) is 1.51. The smallest absolute Gasteiger partial charge is 0.416 e. The highest BCUT2D eigenvalue weighted by atomic mass is 35.5. The normalized spacial score (nSPS) is 18.1. The zero-order valence-corrected chi connectivity index (χ0v) is 59.4. The third-order valence-corrected chi connectivity index (χ3v) is 21.2. The van der Waals surface area contributed by atoms with E-state index in [1.165, 1.54) is 15.4 Å². The van der Waals surface area contributed by atoms with Crippen molar-refractivity contribution in [2.45, 2.75) is 119 Å². The highest BCUT2D eigenvalue weighted by molar-refractivity contribution is 6.42. The van der Waals surface area contributed by atoms with Gasteiger partial charge in [-0.25, -0.2) is 9.59 Å². The number of piperidine rings is 2. The number of carboxylic acid groups (broad SMARTS) is 1. The van der Waals surface area contributed by atoms with E-state index in [1.54, 1.807) is 35.0 Å². The van der Waals surface area contributed by atoms with Crippen LogP contribution in [-0.2, 0) is 60.1 Å². The number of likely N-dealkylation sites (tertiary alicyclic amines) is 2. The number of halogens is 8. The van der Waals surface area contributed by atoms with E-state index in [0.717, 1.165) is 67.7 Å². The molecule has 1 aliphatic carbocycles. The van der Waals surface area contributed by atoms with Gasteiger partial charge < -0.3 is 48.7 Å². The number of ether oxygens (including phenoxy) is 3. The third kappa shape index (κ3) is 19.7. The molecule has 0 unspecified atom stereocenters. The van der Waals surface area contributed by atoms with Gasteiger partial charge >= 0.3 is 24.5 Å². The van der Waals surface area contributed by atoms with Crippen LogP contribution in [0, 0.1) is 0 Å². The Kier molecular flexibility index (Phi) is 26.1. The summed E-state index contributed by atoms with van der Waals surface area (Å²) in [5, 5.41) is 13.6. The molecule has 3 aliphatic heterocycles. The molecule has 17 nitrogen and oxygen atoms in total. The fourth-order valence-corrected chi connectivity index (χ4v) is 14.9. The monoisotopic (exact) mass is 1450 g/mol. The van der Waals surface area contributed by atoms with Gasteiger partial charge in [-0.3, -0.25) is 24.6 Å². The van der Waals surface area contributed by atoms with Crippen molar-refractivity contribution in [1.82, 2.24) is 29.4 Å². The molecule has 3 saturated heterocycles. The fraction of sp³-hybridized carbons (Fsp3) is 0.468. The molecule has 0 radical (unpaired) electrons. The van der Waals surface area contributed by atoms with Crippen molar-refractivity contribution < 1.29 is 69.6 Å². The van der Waals surface area contributed by atoms with Crippen LogP contribution in [0.5, 0.6) is 0 Å². The topological polar surface area (TPSA) is 168 Å². The number of morpholine rings is 1. The van der Waals surface area contributed by atoms with Crippen LogP contribution in [0.4, 0.5) is 47.3 Å². The van der Waals surface area contributed by atoms with Crippen molar-refractivity contribution in [1.29, 1.82) is 0 Å². The largest absolute Gasteiger partial charge is 0.465 e. The van der Waals surface area contributed by atoms with Gasteiger partial charge in [-0.1, -0.05) is 121 Å². The number of para-hydroxylation sites is 1. The number of likely N-dealkylation sites (N-methyl/N-ethyl adjacent to an activating group) is 2. The zero-order valence-electron chi connectivity index (χ0n) is 57.9. The van der Waals surface area contributed by atoms with Gasteiger partial charge in [-0.05, 0) is 167 Å². The molecule has 10 rings (SSSR count). The maximum atomic E-state index is 14.0. The Labute approximate surface area is 602 Å². The van der Waals surface area contributed by atoms with Gasteiger partial charge in [0.1, 0.15) is 12.2 Å². The second kappa shape index (κ2) is 34.7. The molecule has 548 valence electrons. The van der Waals surface area contributed by atoms with E-state index in [9.17, 15) is 55.4 Å². The summed E-state index contributed by atoms with van der Waals surface area (Å²) in [4.78, 5) is 79.1. The Balaban J connectivity index is 0.598. The lowest BCUT2D eigenvalue weighted by atomic mass is 9.72. The number of alkyl halides is 6. The zero-order chi connectivity index (χ0) is 72.8. The molecule has 6 aromatic rings. The molecule has 2 atom stereocenters. The van der Waals surface area contributed by atoms with Gasteiger partial charge in [0, 0.05) is 101 Å². The van der Waals surface area contributed by atoms with Crippen LogP contribution in [0.1, 0.15) is 114 Å². The van der Waals surface area contributed by atoms with E-state index in [0.29, 0.717) is 120 Å². The number of benzene rings is 6. The number of unbranched alkanes of at least 4 members (excludes halogenated alkanes) is 3. The van der Waals surface area contributed by atoms with Gasteiger partial charge in [0.25, 0.3) is 5.91 Å². The molecule has 4 aliphatic rings. The molecule has 5 amide bonds. The Morgan fingerprint density at radius 2 is 1.33 bits per heavy atom. The quantitative estimate of drug-likeness (QED) is 0.0353. The lowest BCUT2D eigenvalue weighted by Crippen LogP contribution is -2.54. The Morgan fingerprint density at radius 1 is 0.676 bits per heavy atom. The molecule has 25 heteroatoms. The van der Waals surface area contributed by atoms with Crippen molar-refractivity contribution in [3.8, 4) is 11.1 Å². The fourth-order valence-electron chi connectivity index (χ4n) is 14.7. The average molecular weight is 1460 g/mol. The third-order valence-electron chi connectivity index (χ3n) is 20.5. The van der Waals surface area contributed by atoms with Gasteiger partial charge in [-0.15, -0.1) is 0 Å². The van der Waals surface area contributed by atoms with E-state index < -0.39 is 58.2 Å². The van der Waals surface area contributed by atoms with E-state index in [2.05, 4.69) is 39.2 Å². The number of nitrogens with one attached hydrogen (secondary N) is 1. The van der Waals surface area contributed by atoms with Crippen LogP contribution >= 0.6 is 23.2 Å². The Morgan fingerprint density at radius 3 is 2.03 bits per heavy atom. The summed E-state index contributed by atoms with van der Waals surface area (Å²) in [7, 11) is 5.63. The first-order valence-corrected chi connectivity index (χ1v) is 35.7. The standard InChI is InChI=1S/C77H90Cl2F6N8O9/c1-87(34-13-5-8-22-69(94)89(3)41-42-90-36-29-62(30-37-90)93(73(98)99)67-21-12-10-19-63(67)55-16-6-4-7-17-55)51-54-23-26-61(27-24-54)86-72(97)100-44-15-14-35-88(2)70(95)52-101-68-48-56-18-9-11-20-64(56)74(68)31-38-91(39-32-74)40-33-75(58-25-28-65(78)66(79)50-58)53-92(43-45-102-75)71(96)57-46-59(76(80,81)82)49-60(47-57)77(83,84)85/h4,6-7,9-12,16-21,23-28,46-47,49-50,62,68H,5,8,13-15,22,29-45,48,51-53H2,1-3H3,(H,86,97)(H,98,99)/t68-,75-/m0/s1. The molecule has 6 aromatic carbocycles. The minimum atomic E-state index is -5.14. The number of nitrogens with zero attached hydrogens (tertiary/aromatic N) is 7. The maximum absolute atomic E-state index is 14.0. The molecule has 0 saturated carbocycles. The number of anilines is 2. The second-order valence-electron chi connectivity index (χ2n) is 27.4. The number of rotatable bonds is 28. The van der Waals surface area contributed by atoms with E-state index in [1.807, 2.05) is 98.0 Å². The minimum absolute atomic E-state index is 0.00615. The minimum Gasteiger partial charge on any atom is -0.465 e. The summed E-state index contributed by atoms with van der Waals surface area (Å²) < 4.78 is 102. The molecular formula is C77H90Cl2F6N8O9. The average Bonchev–Trinajstić information content (AvgIpc) is 1.51. The van der Waals surface area contributed by atoms with Gasteiger partial charge in [0.2, 0.25) is 11.8 Å². The predicted molar refractivity (Wildman–Crippen MR) is 381 cm³/mol. The first kappa shape index (κ1) is 76.9. The van der Waals surface area contributed by atoms with Crippen LogP contribution in [0.3, 0.4) is 0 Å². The van der Waals surface area contributed by atoms with Crippen LogP contribution in [0.2, 0.25) is 10.0 Å². The Bertz CT molecular complexity index is 3810. The number of hydrogen-bond acceptors (Lipinski definition) is 11. The van der Waals surface area contributed by atoms with Gasteiger partial charge in [0.05, 0.1) is 52.7 Å². The molecule has 1 spiro atoms. The summed E-state index contributed by atoms with van der Waals surface area (Å²) >= 11 is 12.8. The summed E-state index contributed by atoms with van der Waals surface area (Å²) in [6, 6.07) is 38.9. The van der Waals surface area contributed by atoms with Crippen molar-refractivity contribution in [3.05, 3.63) is 189 Å². The molecule has 3 fully saturated rings. The van der Waals surface area contributed by atoms with E-state index in [4.69, 9.17) is 37.4 Å². The molecule has 102 heavy (non-hydrogen) atoms. The summed E-state index contributed by atoms with van der Waals surface area (Å²) in [5.74, 6) is -1.07. The molecular weight excluding hydrogens is 1370 g/mol. The van der Waals surface area contributed by atoms with E-state index in [-0.39, 0.29) is 79.4 Å². The lowest BCUT2D eigenvalue weighted by Gasteiger charge is -2.46. The number of carbonyl (C=O) groups excluding carboxylic acids is 4. The first-order chi connectivity index (χ1) is 48.8. The van der Waals surface area contributed by atoms with Crippen molar-refractivity contribution in [3.63, 3.8) is 0 Å². The van der Waals surface area contributed by atoms with E-state index >= 15 is 0 Å². The van der Waals surface area contributed by atoms with Crippen molar-refractivity contribution in [2.75, 3.05) is 123 Å². The maximum Gasteiger partial charge on any atom is 0.416 e. The number of hydrogen-bond donors (Lipinski definition) is 2. The van der Waals surface area contributed by atoms with Crippen molar-refractivity contribution in [2.24, 2.45) is 0 Å². The first-order valence-electron chi connectivity index (χ1n) is 35.0. The lowest BCUT2D eigenvalue weighted by molar-refractivity contribution is -0.143. The molecule has 2 N–H and O–H groups in total. The summed E-state index contributed by atoms with van der Waals surface area (Å²) in [6.07, 6.45) is -4.17. The predicted octanol–water partition coefficient (Wildman–Crippen LogP) is 15.0. The number of carbonyl (C=O) groups is 5. The summed E-state index contributed by atoms with van der Waals surface area (Å²) in [6.45, 7) is 6.20. The van der Waals surface area contributed by atoms with Gasteiger partial charge in [-0.2, -0.15) is 26.3 Å².